The molecule has 0 saturated carbocycles. The number of hydrogen-bond acceptors (Lipinski definition) is 5. The second kappa shape index (κ2) is 21.0. The molecule has 0 saturated heterocycles. The molecule has 7 N–H and O–H groups in total. The molecule has 0 aromatic carbocycles. The summed E-state index contributed by atoms with van der Waals surface area (Å²) in [6.07, 6.45) is -0.766. The number of nitrogens with zero attached hydrogens (tertiary/aromatic N) is 2. The zero-order chi connectivity index (χ0) is 18.4. The lowest BCUT2D eigenvalue weighted by atomic mass is 10.3. The van der Waals surface area contributed by atoms with E-state index in [1.165, 1.54) is 0 Å². The Bertz CT molecular complexity index is 274. The fourth-order valence-electron chi connectivity index (χ4n) is 0.809. The van der Waals surface area contributed by atoms with Crippen molar-refractivity contribution in [1.82, 2.24) is 0 Å². The van der Waals surface area contributed by atoms with Crippen molar-refractivity contribution in [3.05, 3.63) is 0 Å². The van der Waals surface area contributed by atoms with Crippen molar-refractivity contribution in [1.29, 1.82) is 0 Å². The van der Waals surface area contributed by atoms with E-state index in [4.69, 9.17) is 15.3 Å². The zero-order valence-corrected chi connectivity index (χ0v) is 16.8. The summed E-state index contributed by atoms with van der Waals surface area (Å²) in [7, 11) is 12.3. The molecule has 0 radical (unpaired) electrons. The Balaban J connectivity index is -0.0000000512. The van der Waals surface area contributed by atoms with Crippen molar-refractivity contribution in [3.63, 3.8) is 0 Å². The second-order valence-electron chi connectivity index (χ2n) is 6.74. The van der Waals surface area contributed by atoms with Gasteiger partial charge in [0.2, 0.25) is 0 Å². The minimum Gasteiger partial charge on any atom is -1.00 e. The van der Waals surface area contributed by atoms with E-state index in [1.54, 1.807) is 0 Å². The average molecular weight is 397 g/mol. The maximum Gasteiger partial charge on any atom is 0.303 e. The predicted molar refractivity (Wildman–Crippen MR) is 89.1 cm³/mol. The first-order chi connectivity index (χ1) is 9.75. The highest BCUT2D eigenvalue weighted by molar-refractivity contribution is 5.74. The quantitative estimate of drug-likeness (QED) is 0.359. The largest absolute Gasteiger partial charge is 1.00 e. The van der Waals surface area contributed by atoms with Gasteiger partial charge in [-0.05, 0) is 6.42 Å². The van der Waals surface area contributed by atoms with Gasteiger partial charge in [0, 0.05) is 5.97 Å². The average Bonchev–Trinajstić information content (AvgIpc) is 2.24. The molecule has 158 valence electrons. The van der Waals surface area contributed by atoms with Crippen LogP contribution in [-0.2, 0) is 9.59 Å². The zero-order valence-electron chi connectivity index (χ0n) is 16.1. The SMILES string of the molecule is C[N+](C)(C)CCO.C[N+](C)(C)CCO.O.O.O=C([O-])CCC(=O)O.[Cl-]. The predicted octanol–water partition coefficient (Wildman–Crippen LogP) is -6.67. The van der Waals surface area contributed by atoms with Crippen molar-refractivity contribution in [2.24, 2.45) is 0 Å². The van der Waals surface area contributed by atoms with Crippen molar-refractivity contribution in [3.8, 4) is 0 Å². The molecular formula is C14H37ClN2O8. The van der Waals surface area contributed by atoms with E-state index in [9.17, 15) is 14.7 Å². The summed E-state index contributed by atoms with van der Waals surface area (Å²) in [5, 5.41) is 34.2. The minimum absolute atomic E-state index is 0. The highest BCUT2D eigenvalue weighted by Crippen LogP contribution is 1.85. The van der Waals surface area contributed by atoms with Crippen LogP contribution in [0.4, 0.5) is 0 Å². The van der Waals surface area contributed by atoms with Crippen LogP contribution >= 0.6 is 0 Å². The molecule has 0 rings (SSSR count). The fraction of sp³-hybridized carbons (Fsp3) is 0.857. The molecule has 25 heavy (non-hydrogen) atoms. The number of likely N-dealkylation sites (N-methyl/N-ethyl adjacent to an activating group) is 2. The van der Waals surface area contributed by atoms with Gasteiger partial charge in [-0.15, -0.1) is 0 Å². The number of carboxylic acid groups (broad SMARTS) is 2. The molecule has 0 heterocycles. The van der Waals surface area contributed by atoms with Crippen LogP contribution in [0.25, 0.3) is 0 Å². The molecule has 0 aromatic heterocycles. The Morgan fingerprint density at radius 1 is 0.800 bits per heavy atom. The summed E-state index contributed by atoms with van der Waals surface area (Å²) in [4.78, 5) is 19.1. The van der Waals surface area contributed by atoms with Crippen LogP contribution in [0, 0.1) is 0 Å². The molecule has 0 fully saturated rings. The van der Waals surface area contributed by atoms with Gasteiger partial charge in [-0.25, -0.2) is 0 Å². The van der Waals surface area contributed by atoms with Gasteiger partial charge in [-0.1, -0.05) is 0 Å². The van der Waals surface area contributed by atoms with Crippen molar-refractivity contribution >= 4 is 11.9 Å². The van der Waals surface area contributed by atoms with Crippen LogP contribution in [0.1, 0.15) is 12.8 Å². The van der Waals surface area contributed by atoms with E-state index < -0.39 is 18.4 Å². The van der Waals surface area contributed by atoms with E-state index in [0.717, 1.165) is 22.1 Å². The second-order valence-corrected chi connectivity index (χ2v) is 6.74. The number of aliphatic hydroxyl groups is 2. The summed E-state index contributed by atoms with van der Waals surface area (Å²) in [5.74, 6) is -2.44. The topological polar surface area (TPSA) is 181 Å². The molecule has 0 aromatic rings. The highest BCUT2D eigenvalue weighted by atomic mass is 35.5. The first kappa shape index (κ1) is 39.2. The first-order valence-electron chi connectivity index (χ1n) is 6.99. The first-order valence-corrected chi connectivity index (χ1v) is 6.99. The summed E-state index contributed by atoms with van der Waals surface area (Å²) in [6.45, 7) is 2.23. The maximum atomic E-state index is 9.61. The summed E-state index contributed by atoms with van der Waals surface area (Å²) < 4.78 is 1.69. The number of aliphatic carboxylic acids is 2. The number of carboxylic acids is 2. The van der Waals surface area contributed by atoms with Gasteiger partial charge in [0.05, 0.1) is 61.9 Å². The van der Waals surface area contributed by atoms with E-state index in [2.05, 4.69) is 42.3 Å². The Morgan fingerprint density at radius 2 is 1.08 bits per heavy atom. The maximum absolute atomic E-state index is 9.61. The van der Waals surface area contributed by atoms with Gasteiger partial charge >= 0.3 is 5.97 Å². The molecule has 0 atom stereocenters. The standard InChI is InChI=1S/2C5H14NO.C4H6O4.ClH.2H2O/c2*1-6(2,3)4-5-7;5-3(6)1-2-4(7)8;;;/h2*7H,4-5H2,1-3H3;1-2H2,(H,5,6)(H,7,8);1H;2*1H2/q2*+1;;;;/p-2. The molecule has 10 nitrogen and oxygen atoms in total. The summed E-state index contributed by atoms with van der Waals surface area (Å²) >= 11 is 0. The van der Waals surface area contributed by atoms with Crippen LogP contribution in [0.2, 0.25) is 0 Å². The molecular weight excluding hydrogens is 360 g/mol. The number of carbonyl (C=O) groups is 2. The lowest BCUT2D eigenvalue weighted by Gasteiger charge is -2.21. The summed E-state index contributed by atoms with van der Waals surface area (Å²) in [6, 6.07) is 0. The van der Waals surface area contributed by atoms with E-state index >= 15 is 0 Å². The molecule has 11 heteroatoms. The number of aliphatic hydroxyl groups excluding tert-OH is 2. The Hall–Kier alpha value is -1.01. The van der Waals surface area contributed by atoms with E-state index in [0.29, 0.717) is 0 Å². The third-order valence-corrected chi connectivity index (χ3v) is 2.08. The normalized spacial score (nSPS) is 9.44. The van der Waals surface area contributed by atoms with Gasteiger partial charge in [0.15, 0.2) is 0 Å². The minimum atomic E-state index is -1.33. The lowest BCUT2D eigenvalue weighted by molar-refractivity contribution is -0.870. The lowest BCUT2D eigenvalue weighted by Crippen LogP contribution is -3.00. The molecule has 0 bridgehead atoms. The van der Waals surface area contributed by atoms with E-state index in [-0.39, 0.29) is 43.0 Å². The highest BCUT2D eigenvalue weighted by Gasteiger charge is 2.02. The van der Waals surface area contributed by atoms with Crippen molar-refractivity contribution < 1.29 is 62.3 Å². The Labute approximate surface area is 156 Å². The van der Waals surface area contributed by atoms with Crippen LogP contribution in [0.5, 0.6) is 0 Å². The van der Waals surface area contributed by atoms with Gasteiger partial charge in [0.1, 0.15) is 13.1 Å². The number of rotatable bonds is 7. The molecule has 0 aliphatic rings. The third-order valence-electron chi connectivity index (χ3n) is 2.08. The van der Waals surface area contributed by atoms with Crippen LogP contribution < -0.4 is 17.5 Å². The van der Waals surface area contributed by atoms with Crippen LogP contribution in [-0.4, -0.2) is 116 Å². The van der Waals surface area contributed by atoms with Gasteiger partial charge < -0.3 is 57.5 Å². The third kappa shape index (κ3) is 70.5. The van der Waals surface area contributed by atoms with Crippen molar-refractivity contribution in [2.75, 3.05) is 68.6 Å². The van der Waals surface area contributed by atoms with Crippen LogP contribution in [0.15, 0.2) is 0 Å². The number of quaternary nitrogens is 2. The van der Waals surface area contributed by atoms with Gasteiger partial charge in [-0.2, -0.15) is 0 Å². The fourth-order valence-corrected chi connectivity index (χ4v) is 0.809. The molecule has 0 unspecified atom stereocenters. The number of carbonyl (C=O) groups excluding carboxylic acids is 1. The van der Waals surface area contributed by atoms with Crippen LogP contribution in [0.3, 0.4) is 0 Å². The Kier molecular flexibility index (Phi) is 33.0. The number of halogens is 1. The molecule has 0 aliphatic carbocycles. The van der Waals surface area contributed by atoms with Crippen molar-refractivity contribution in [2.45, 2.75) is 12.8 Å². The van der Waals surface area contributed by atoms with Gasteiger partial charge in [0.25, 0.3) is 0 Å². The monoisotopic (exact) mass is 396 g/mol. The molecule has 0 spiro atoms. The smallest absolute Gasteiger partial charge is 0.303 e. The molecule has 0 aliphatic heterocycles. The Morgan fingerprint density at radius 3 is 1.12 bits per heavy atom. The van der Waals surface area contributed by atoms with E-state index in [1.807, 2.05) is 0 Å². The number of hydrogen-bond donors (Lipinski definition) is 3. The summed E-state index contributed by atoms with van der Waals surface area (Å²) in [5.41, 5.74) is 0. The molecule has 0 amide bonds. The van der Waals surface area contributed by atoms with Gasteiger partial charge in [-0.3, -0.25) is 4.79 Å².